The molecule has 0 unspecified atom stereocenters. The molecule has 0 N–H and O–H groups in total. The summed E-state index contributed by atoms with van der Waals surface area (Å²) >= 11 is 0. The fraction of sp³-hybridized carbons (Fsp3) is 0. The van der Waals surface area contributed by atoms with Gasteiger partial charge in [0.1, 0.15) is 11.2 Å². The van der Waals surface area contributed by atoms with Gasteiger partial charge in [-0.25, -0.2) is 0 Å². The molecule has 2 nitrogen and oxygen atoms in total. The summed E-state index contributed by atoms with van der Waals surface area (Å²) in [4.78, 5) is 2.33. The van der Waals surface area contributed by atoms with E-state index in [4.69, 9.17) is 4.42 Å². The van der Waals surface area contributed by atoms with Gasteiger partial charge in [0, 0.05) is 38.8 Å². The van der Waals surface area contributed by atoms with Gasteiger partial charge in [0.2, 0.25) is 0 Å². The lowest BCUT2D eigenvalue weighted by atomic mass is 9.98. The Morgan fingerprint density at radius 3 is 1.24 bits per heavy atom. The number of hydrogen-bond donors (Lipinski definition) is 0. The monoisotopic (exact) mass is 739 g/mol. The molecular weight excluding hydrogens is 703 g/mol. The highest BCUT2D eigenvalue weighted by atomic mass is 16.3. The van der Waals surface area contributed by atoms with Crippen molar-refractivity contribution in [3.05, 3.63) is 224 Å². The first kappa shape index (κ1) is 33.6. The quantitative estimate of drug-likeness (QED) is 0.151. The highest BCUT2D eigenvalue weighted by molar-refractivity contribution is 6.24. The van der Waals surface area contributed by atoms with Gasteiger partial charge in [-0.05, 0) is 97.6 Å². The third kappa shape index (κ3) is 5.91. The Bertz CT molecular complexity index is 3220. The summed E-state index contributed by atoms with van der Waals surface area (Å²) < 4.78 is 6.89. The van der Waals surface area contributed by atoms with Crippen molar-refractivity contribution < 1.29 is 4.42 Å². The predicted octanol–water partition coefficient (Wildman–Crippen LogP) is 16.0. The van der Waals surface area contributed by atoms with E-state index in [9.17, 15) is 0 Å². The fourth-order valence-electron chi connectivity index (χ4n) is 8.53. The third-order valence-electron chi connectivity index (χ3n) is 11.5. The maximum absolute atomic E-state index is 6.89. The van der Waals surface area contributed by atoms with Gasteiger partial charge in [-0.15, -0.1) is 0 Å². The Morgan fingerprint density at radius 2 is 0.672 bits per heavy atom. The Labute approximate surface area is 337 Å². The van der Waals surface area contributed by atoms with Crippen molar-refractivity contribution in [2.24, 2.45) is 0 Å². The van der Waals surface area contributed by atoms with Gasteiger partial charge in [-0.2, -0.15) is 0 Å². The number of rotatable bonds is 7. The van der Waals surface area contributed by atoms with E-state index < -0.39 is 0 Å². The highest BCUT2D eigenvalue weighted by Gasteiger charge is 2.18. The number of hydrogen-bond acceptors (Lipinski definition) is 2. The standard InChI is InChI=1S/C56H37NO/c1-3-10-38(11-4-1)40-18-20-41(21-19-40)43-26-33-48(34-27-43)57(47-31-24-42(25-32-47)39-12-5-2-6-13-39)49-35-28-45(29-36-49)51-16-9-17-52-53-37-30-46-23-22-44-14-7-8-15-50(44)54(46)56(53)58-55(51)52/h1-37H. The molecule has 0 atom stereocenters. The molecule has 0 aliphatic heterocycles. The summed E-state index contributed by atoms with van der Waals surface area (Å²) in [6.45, 7) is 0. The molecule has 1 heterocycles. The second kappa shape index (κ2) is 14.1. The average Bonchev–Trinajstić information content (AvgIpc) is 3.70. The van der Waals surface area contributed by atoms with Crippen LogP contribution in [-0.4, -0.2) is 0 Å². The van der Waals surface area contributed by atoms with E-state index in [0.717, 1.165) is 55.5 Å². The van der Waals surface area contributed by atoms with E-state index >= 15 is 0 Å². The molecule has 0 amide bonds. The van der Waals surface area contributed by atoms with E-state index in [1.54, 1.807) is 0 Å². The Balaban J connectivity index is 0.975. The molecule has 0 aliphatic carbocycles. The molecule has 0 fully saturated rings. The summed E-state index contributed by atoms with van der Waals surface area (Å²) in [6, 6.07) is 80.4. The van der Waals surface area contributed by atoms with Gasteiger partial charge in [0.15, 0.2) is 0 Å². The largest absolute Gasteiger partial charge is 0.455 e. The van der Waals surface area contributed by atoms with Crippen LogP contribution in [0.5, 0.6) is 0 Å². The molecule has 0 spiro atoms. The molecule has 2 heteroatoms. The Hall–Kier alpha value is -7.68. The molecule has 1 aromatic heterocycles. The highest BCUT2D eigenvalue weighted by Crippen LogP contribution is 2.42. The lowest BCUT2D eigenvalue weighted by Gasteiger charge is -2.26. The molecule has 0 bridgehead atoms. The van der Waals surface area contributed by atoms with Crippen LogP contribution in [0.2, 0.25) is 0 Å². The van der Waals surface area contributed by atoms with E-state index in [1.807, 2.05) is 0 Å². The van der Waals surface area contributed by atoms with Crippen LogP contribution < -0.4 is 4.90 Å². The second-order valence-electron chi connectivity index (χ2n) is 14.9. The molecule has 11 aromatic rings. The van der Waals surface area contributed by atoms with Crippen molar-refractivity contribution in [2.45, 2.75) is 0 Å². The van der Waals surface area contributed by atoms with Crippen molar-refractivity contribution in [1.82, 2.24) is 0 Å². The molecule has 0 radical (unpaired) electrons. The summed E-state index contributed by atoms with van der Waals surface area (Å²) in [6.07, 6.45) is 0. The van der Waals surface area contributed by atoms with Crippen LogP contribution >= 0.6 is 0 Å². The smallest absolute Gasteiger partial charge is 0.143 e. The first-order chi connectivity index (χ1) is 28.7. The normalized spacial score (nSPS) is 11.4. The van der Waals surface area contributed by atoms with Crippen LogP contribution in [0.25, 0.3) is 88.0 Å². The predicted molar refractivity (Wildman–Crippen MR) is 245 cm³/mol. The van der Waals surface area contributed by atoms with Gasteiger partial charge >= 0.3 is 0 Å². The van der Waals surface area contributed by atoms with Crippen molar-refractivity contribution >= 4 is 60.5 Å². The van der Waals surface area contributed by atoms with Crippen molar-refractivity contribution in [3.8, 4) is 44.5 Å². The zero-order valence-electron chi connectivity index (χ0n) is 31.7. The van der Waals surface area contributed by atoms with Gasteiger partial charge in [-0.1, -0.05) is 182 Å². The number of furan rings is 1. The van der Waals surface area contributed by atoms with E-state index in [1.165, 1.54) is 49.5 Å². The summed E-state index contributed by atoms with van der Waals surface area (Å²) in [7, 11) is 0. The van der Waals surface area contributed by atoms with Gasteiger partial charge in [0.05, 0.1) is 0 Å². The number of nitrogens with zero attached hydrogens (tertiary/aromatic N) is 1. The molecular formula is C56H37NO. The van der Waals surface area contributed by atoms with Crippen LogP contribution in [0.15, 0.2) is 229 Å². The summed E-state index contributed by atoms with van der Waals surface area (Å²) in [5, 5.41) is 7.03. The molecule has 0 saturated heterocycles. The maximum atomic E-state index is 6.89. The second-order valence-corrected chi connectivity index (χ2v) is 14.9. The zero-order chi connectivity index (χ0) is 38.4. The zero-order valence-corrected chi connectivity index (χ0v) is 31.7. The molecule has 10 aromatic carbocycles. The molecule has 58 heavy (non-hydrogen) atoms. The van der Waals surface area contributed by atoms with Crippen LogP contribution in [-0.2, 0) is 0 Å². The van der Waals surface area contributed by atoms with Crippen LogP contribution in [0.1, 0.15) is 0 Å². The topological polar surface area (TPSA) is 16.4 Å². The Kier molecular flexibility index (Phi) is 8.19. The fourth-order valence-corrected chi connectivity index (χ4v) is 8.53. The van der Waals surface area contributed by atoms with Crippen molar-refractivity contribution in [3.63, 3.8) is 0 Å². The van der Waals surface area contributed by atoms with E-state index in [2.05, 4.69) is 229 Å². The SMILES string of the molecule is c1ccc(-c2ccc(-c3ccc(N(c4ccc(-c5ccccc5)cc4)c4ccc(-c5cccc6c5oc5c6ccc6ccc7ccccc7c65)cc4)cc3)cc2)cc1. The lowest BCUT2D eigenvalue weighted by molar-refractivity contribution is 0.674. The van der Waals surface area contributed by atoms with E-state index in [-0.39, 0.29) is 0 Å². The number of benzene rings is 10. The summed E-state index contributed by atoms with van der Waals surface area (Å²) in [5.41, 5.74) is 14.5. The van der Waals surface area contributed by atoms with Crippen LogP contribution in [0, 0.1) is 0 Å². The van der Waals surface area contributed by atoms with E-state index in [0.29, 0.717) is 0 Å². The van der Waals surface area contributed by atoms with Crippen LogP contribution in [0.3, 0.4) is 0 Å². The Morgan fingerprint density at radius 1 is 0.259 bits per heavy atom. The minimum Gasteiger partial charge on any atom is -0.455 e. The van der Waals surface area contributed by atoms with Crippen LogP contribution in [0.4, 0.5) is 17.1 Å². The minimum atomic E-state index is 0.909. The average molecular weight is 740 g/mol. The molecule has 272 valence electrons. The molecule has 0 aliphatic rings. The number of anilines is 3. The summed E-state index contributed by atoms with van der Waals surface area (Å²) in [5.74, 6) is 0. The number of para-hydroxylation sites is 1. The van der Waals surface area contributed by atoms with Crippen molar-refractivity contribution in [2.75, 3.05) is 4.90 Å². The number of fused-ring (bicyclic) bond motifs is 7. The lowest BCUT2D eigenvalue weighted by Crippen LogP contribution is -2.09. The molecule has 11 rings (SSSR count). The maximum Gasteiger partial charge on any atom is 0.143 e. The first-order valence-electron chi connectivity index (χ1n) is 19.8. The first-order valence-corrected chi connectivity index (χ1v) is 19.8. The van der Waals surface area contributed by atoms with Gasteiger partial charge in [0.25, 0.3) is 0 Å². The molecule has 0 saturated carbocycles. The third-order valence-corrected chi connectivity index (χ3v) is 11.5. The minimum absolute atomic E-state index is 0.909. The van der Waals surface area contributed by atoms with Gasteiger partial charge < -0.3 is 9.32 Å². The van der Waals surface area contributed by atoms with Crippen molar-refractivity contribution in [1.29, 1.82) is 0 Å². The van der Waals surface area contributed by atoms with Gasteiger partial charge in [-0.3, -0.25) is 0 Å².